The minimum Gasteiger partial charge on any atom is -0.496 e. The number of amides is 1. The van der Waals surface area contributed by atoms with Gasteiger partial charge in [0.1, 0.15) is 28.8 Å². The third-order valence-electron chi connectivity index (χ3n) is 5.50. The number of nitrogens with zero attached hydrogens (tertiary/aromatic N) is 3. The van der Waals surface area contributed by atoms with Crippen molar-refractivity contribution in [3.05, 3.63) is 69.8 Å². The number of rotatable bonds is 7. The average Bonchev–Trinajstić information content (AvgIpc) is 3.26. The number of fused-ring (bicyclic) bond motifs is 1. The number of nitrogen functional groups attached to an aromatic ring is 1. The molecule has 2 heterocycles. The van der Waals surface area contributed by atoms with Gasteiger partial charge in [-0.05, 0) is 30.7 Å². The molecule has 12 heteroatoms. The normalized spacial score (nSPS) is 12.2. The number of H-pyrrole nitrogens is 1. The van der Waals surface area contributed by atoms with Crippen molar-refractivity contribution in [1.82, 2.24) is 25.3 Å². The summed E-state index contributed by atoms with van der Waals surface area (Å²) < 4.78 is 46.4. The number of halogens is 3. The van der Waals surface area contributed by atoms with Crippen molar-refractivity contribution in [2.24, 2.45) is 0 Å². The van der Waals surface area contributed by atoms with Gasteiger partial charge in [-0.1, -0.05) is 24.3 Å². The van der Waals surface area contributed by atoms with Crippen molar-refractivity contribution >= 4 is 22.6 Å². The molecule has 9 nitrogen and oxygen atoms in total. The summed E-state index contributed by atoms with van der Waals surface area (Å²) in [5.41, 5.74) is 6.66. The highest BCUT2D eigenvalue weighted by Crippen LogP contribution is 2.32. The zero-order valence-electron chi connectivity index (χ0n) is 18.7. The lowest BCUT2D eigenvalue weighted by atomic mass is 10.1. The van der Waals surface area contributed by atoms with Gasteiger partial charge in [-0.2, -0.15) is 10.2 Å². The molecule has 4 rings (SSSR count). The molecule has 0 aliphatic carbocycles. The van der Waals surface area contributed by atoms with E-state index in [1.165, 1.54) is 26.2 Å². The van der Waals surface area contributed by atoms with E-state index in [0.29, 0.717) is 11.1 Å². The van der Waals surface area contributed by atoms with Crippen molar-refractivity contribution < 1.29 is 22.7 Å². The number of aromatic nitrogens is 4. The lowest BCUT2D eigenvalue weighted by Gasteiger charge is -2.11. The van der Waals surface area contributed by atoms with E-state index in [0.717, 1.165) is 10.7 Å². The second kappa shape index (κ2) is 9.49. The fourth-order valence-corrected chi connectivity index (χ4v) is 3.63. The van der Waals surface area contributed by atoms with Gasteiger partial charge in [0.15, 0.2) is 5.82 Å². The highest BCUT2D eigenvalue weighted by atomic mass is 19.3. The molecule has 0 aliphatic rings. The molecule has 1 atom stereocenters. The molecule has 0 aliphatic heterocycles. The Labute approximate surface area is 196 Å². The standard InChI is InChI=1S/C23H21F3N6O3/c1-11(20(25)26)32-19-17(21(27)29-30-23(19)34)18(31-32)13-5-3-12(4-6-13)10-28-22(33)15-9-14(24)7-8-16(15)35-2/h3-9,11,20H,10H2,1-2H3,(H2,27,29)(H,28,33)(H,30,34). The van der Waals surface area contributed by atoms with E-state index in [2.05, 4.69) is 20.6 Å². The molecule has 2 aromatic carbocycles. The monoisotopic (exact) mass is 486 g/mol. The van der Waals surface area contributed by atoms with E-state index in [4.69, 9.17) is 10.5 Å². The van der Waals surface area contributed by atoms with Crippen molar-refractivity contribution in [3.8, 4) is 17.0 Å². The minimum atomic E-state index is -2.76. The number of ether oxygens (including phenoxy) is 1. The largest absolute Gasteiger partial charge is 0.496 e. The molecule has 1 unspecified atom stereocenters. The van der Waals surface area contributed by atoms with Gasteiger partial charge in [0.25, 0.3) is 17.9 Å². The Balaban J connectivity index is 1.62. The van der Waals surface area contributed by atoms with E-state index in [1.807, 2.05) is 0 Å². The van der Waals surface area contributed by atoms with Crippen molar-refractivity contribution in [1.29, 1.82) is 0 Å². The van der Waals surface area contributed by atoms with Crippen LogP contribution in [0.15, 0.2) is 47.3 Å². The highest BCUT2D eigenvalue weighted by Gasteiger charge is 2.26. The third kappa shape index (κ3) is 4.54. The molecule has 35 heavy (non-hydrogen) atoms. The number of benzene rings is 2. The molecular formula is C23H21F3N6O3. The zero-order valence-corrected chi connectivity index (χ0v) is 18.7. The number of carbonyl (C=O) groups is 1. The lowest BCUT2D eigenvalue weighted by Crippen LogP contribution is -2.23. The Bertz CT molecular complexity index is 1450. The fourth-order valence-electron chi connectivity index (χ4n) is 3.63. The average molecular weight is 486 g/mol. The van der Waals surface area contributed by atoms with E-state index in [9.17, 15) is 22.8 Å². The Hall–Kier alpha value is -4.35. The summed E-state index contributed by atoms with van der Waals surface area (Å²) in [6.07, 6.45) is -2.76. The van der Waals surface area contributed by atoms with Crippen LogP contribution in [0.1, 0.15) is 28.9 Å². The number of aromatic amines is 1. The van der Waals surface area contributed by atoms with Crippen molar-refractivity contribution in [3.63, 3.8) is 0 Å². The van der Waals surface area contributed by atoms with Gasteiger partial charge >= 0.3 is 0 Å². The van der Waals surface area contributed by atoms with Crippen LogP contribution < -0.4 is 21.3 Å². The third-order valence-corrected chi connectivity index (χ3v) is 5.50. The topological polar surface area (TPSA) is 128 Å². The fraction of sp³-hybridized carbons (Fsp3) is 0.217. The van der Waals surface area contributed by atoms with Crippen LogP contribution in [0.4, 0.5) is 19.0 Å². The van der Waals surface area contributed by atoms with Crippen LogP contribution in [0, 0.1) is 5.82 Å². The van der Waals surface area contributed by atoms with Crippen LogP contribution in [0.25, 0.3) is 22.2 Å². The molecule has 2 aromatic heterocycles. The van der Waals surface area contributed by atoms with Gasteiger partial charge in [0, 0.05) is 12.1 Å². The number of methoxy groups -OCH3 is 1. The van der Waals surface area contributed by atoms with Crippen molar-refractivity contribution in [2.75, 3.05) is 12.8 Å². The number of nitrogens with one attached hydrogen (secondary N) is 2. The lowest BCUT2D eigenvalue weighted by molar-refractivity contribution is 0.0876. The Morgan fingerprint density at radius 1 is 1.23 bits per heavy atom. The van der Waals surface area contributed by atoms with Crippen LogP contribution in [0.2, 0.25) is 0 Å². The van der Waals surface area contributed by atoms with Crippen molar-refractivity contribution in [2.45, 2.75) is 25.9 Å². The van der Waals surface area contributed by atoms with Gasteiger partial charge in [-0.25, -0.2) is 23.0 Å². The van der Waals surface area contributed by atoms with Gasteiger partial charge in [-0.15, -0.1) is 0 Å². The summed E-state index contributed by atoms with van der Waals surface area (Å²) >= 11 is 0. The molecule has 0 saturated carbocycles. The summed E-state index contributed by atoms with van der Waals surface area (Å²) in [7, 11) is 1.38. The first kappa shape index (κ1) is 23.8. The summed E-state index contributed by atoms with van der Waals surface area (Å²) in [4.78, 5) is 24.8. The SMILES string of the molecule is COc1ccc(F)cc1C(=O)NCc1ccc(-c2nn(C(C)C(F)F)c3c(=O)[nH]nc(N)c23)cc1. The molecule has 182 valence electrons. The number of nitrogens with two attached hydrogens (primary N) is 1. The quantitative estimate of drug-likeness (QED) is 0.368. The first-order valence-electron chi connectivity index (χ1n) is 10.5. The maximum Gasteiger partial charge on any atom is 0.290 e. The summed E-state index contributed by atoms with van der Waals surface area (Å²) in [6.45, 7) is 1.37. The maximum atomic E-state index is 13.6. The van der Waals surface area contributed by atoms with E-state index >= 15 is 0 Å². The summed E-state index contributed by atoms with van der Waals surface area (Å²) in [6, 6.07) is 8.96. The second-order valence-corrected chi connectivity index (χ2v) is 7.75. The van der Waals surface area contributed by atoms with E-state index in [1.54, 1.807) is 24.3 Å². The first-order valence-corrected chi connectivity index (χ1v) is 10.5. The van der Waals surface area contributed by atoms with Crippen LogP contribution in [-0.2, 0) is 6.54 Å². The molecule has 1 amide bonds. The number of hydrogen-bond donors (Lipinski definition) is 3. The van der Waals surface area contributed by atoms with Gasteiger partial charge in [0.2, 0.25) is 0 Å². The second-order valence-electron chi connectivity index (χ2n) is 7.75. The van der Waals surface area contributed by atoms with Gasteiger partial charge in [0.05, 0.1) is 18.1 Å². The Morgan fingerprint density at radius 3 is 2.60 bits per heavy atom. The molecule has 0 spiro atoms. The molecule has 4 aromatic rings. The number of anilines is 1. The van der Waals surface area contributed by atoms with E-state index < -0.39 is 29.8 Å². The predicted octanol–water partition coefficient (Wildman–Crippen LogP) is 3.27. The Morgan fingerprint density at radius 2 is 1.94 bits per heavy atom. The minimum absolute atomic E-state index is 0.0531. The van der Waals surface area contributed by atoms with Crippen LogP contribution in [0.3, 0.4) is 0 Å². The zero-order chi connectivity index (χ0) is 25.3. The van der Waals surface area contributed by atoms with Crippen LogP contribution in [0.5, 0.6) is 5.75 Å². The summed E-state index contributed by atoms with van der Waals surface area (Å²) in [5.74, 6) is -0.904. The predicted molar refractivity (Wildman–Crippen MR) is 123 cm³/mol. The molecule has 4 N–H and O–H groups in total. The Kier molecular flexibility index (Phi) is 6.45. The van der Waals surface area contributed by atoms with Gasteiger partial charge in [-0.3, -0.25) is 9.59 Å². The summed E-state index contributed by atoms with van der Waals surface area (Å²) in [5, 5.41) is 13.0. The smallest absolute Gasteiger partial charge is 0.290 e. The first-order chi connectivity index (χ1) is 16.7. The molecule has 0 saturated heterocycles. The van der Waals surface area contributed by atoms with Gasteiger partial charge < -0.3 is 15.8 Å². The van der Waals surface area contributed by atoms with Crippen LogP contribution in [-0.4, -0.2) is 39.4 Å². The molecule has 0 fully saturated rings. The number of hydrogen-bond acceptors (Lipinski definition) is 6. The molecular weight excluding hydrogens is 465 g/mol. The van der Waals surface area contributed by atoms with E-state index in [-0.39, 0.29) is 40.3 Å². The molecule has 0 bridgehead atoms. The van der Waals surface area contributed by atoms with Crippen LogP contribution >= 0.6 is 0 Å². The number of alkyl halides is 2. The highest BCUT2D eigenvalue weighted by molar-refractivity contribution is 5.99. The molecule has 0 radical (unpaired) electrons. The number of carbonyl (C=O) groups excluding carboxylic acids is 1. The maximum absolute atomic E-state index is 13.6.